The number of likely N-dealkylation sites (tertiary alicyclic amines) is 2. The molecule has 0 radical (unpaired) electrons. The molecule has 0 unspecified atom stereocenters. The number of carbonyl (C=O) groups excluding carboxylic acids is 1. The van der Waals surface area contributed by atoms with E-state index in [0.717, 1.165) is 39.0 Å². The van der Waals surface area contributed by atoms with Crippen LogP contribution in [-0.2, 0) is 11.3 Å². The van der Waals surface area contributed by atoms with Crippen LogP contribution in [0.15, 0.2) is 11.6 Å². The van der Waals surface area contributed by atoms with Crippen molar-refractivity contribution in [1.29, 1.82) is 0 Å². The van der Waals surface area contributed by atoms with Crippen molar-refractivity contribution in [2.45, 2.75) is 39.3 Å². The van der Waals surface area contributed by atoms with Crippen molar-refractivity contribution < 1.29 is 4.79 Å². The third kappa shape index (κ3) is 2.74. The number of nitrogens with zero attached hydrogens (tertiary/aromatic N) is 3. The third-order valence-electron chi connectivity index (χ3n) is 4.54. The van der Waals surface area contributed by atoms with Gasteiger partial charge in [-0.25, -0.2) is 4.98 Å². The number of hydrogen-bond donors (Lipinski definition) is 0. The van der Waals surface area contributed by atoms with Gasteiger partial charge in [-0.15, -0.1) is 11.3 Å². The molecule has 1 aromatic heterocycles. The summed E-state index contributed by atoms with van der Waals surface area (Å²) in [6.07, 6.45) is 4.16. The van der Waals surface area contributed by atoms with Crippen LogP contribution in [0.1, 0.15) is 31.7 Å². The molecular weight excluding hydrogens is 270 g/mol. The van der Waals surface area contributed by atoms with Gasteiger partial charge < -0.3 is 4.90 Å². The Labute approximate surface area is 124 Å². The average molecular weight is 293 g/mol. The molecule has 2 saturated heterocycles. The Bertz CT molecular complexity index is 460. The van der Waals surface area contributed by atoms with Crippen LogP contribution < -0.4 is 0 Å². The minimum absolute atomic E-state index is 0.127. The number of rotatable bonds is 3. The number of hydrogen-bond acceptors (Lipinski definition) is 4. The molecule has 1 aromatic rings. The van der Waals surface area contributed by atoms with Gasteiger partial charge in [0.05, 0.1) is 6.54 Å². The van der Waals surface area contributed by atoms with Gasteiger partial charge in [-0.05, 0) is 18.8 Å². The summed E-state index contributed by atoms with van der Waals surface area (Å²) in [6, 6.07) is 0.484. The first kappa shape index (κ1) is 14.0. The van der Waals surface area contributed by atoms with Crippen LogP contribution in [0.4, 0.5) is 0 Å². The molecule has 2 atom stereocenters. The summed E-state index contributed by atoms with van der Waals surface area (Å²) < 4.78 is 0. The lowest BCUT2D eigenvalue weighted by Gasteiger charge is -2.38. The Morgan fingerprint density at radius 2 is 2.30 bits per heavy atom. The molecule has 0 N–H and O–H groups in total. The summed E-state index contributed by atoms with van der Waals surface area (Å²) in [6.45, 7) is 8.14. The van der Waals surface area contributed by atoms with Crippen LogP contribution in [-0.4, -0.2) is 46.4 Å². The van der Waals surface area contributed by atoms with Gasteiger partial charge in [0.1, 0.15) is 5.01 Å². The molecule has 0 spiro atoms. The standard InChI is InChI=1S/C15H23N3OS/c1-11(2)15(19)18-7-3-12-9-17(6-4-13(12)18)10-14-16-5-8-20-14/h5,8,11-13H,3-4,6-7,9-10H2,1-2H3/t12-,13+/m1/s1. The summed E-state index contributed by atoms with van der Waals surface area (Å²) in [7, 11) is 0. The second kappa shape index (κ2) is 5.82. The second-order valence-electron chi connectivity index (χ2n) is 6.25. The number of amides is 1. The van der Waals surface area contributed by atoms with Crippen molar-refractivity contribution >= 4 is 17.2 Å². The van der Waals surface area contributed by atoms with Gasteiger partial charge in [0.25, 0.3) is 0 Å². The van der Waals surface area contributed by atoms with Gasteiger partial charge in [0, 0.05) is 43.2 Å². The van der Waals surface area contributed by atoms with Gasteiger partial charge in [-0.3, -0.25) is 9.69 Å². The molecule has 0 aromatic carbocycles. The fourth-order valence-corrected chi connectivity index (χ4v) is 4.19. The van der Waals surface area contributed by atoms with Crippen molar-refractivity contribution in [2.24, 2.45) is 11.8 Å². The van der Waals surface area contributed by atoms with E-state index in [1.165, 1.54) is 5.01 Å². The highest BCUT2D eigenvalue weighted by atomic mass is 32.1. The normalized spacial score (nSPS) is 27.1. The number of carbonyl (C=O) groups is 1. The molecule has 1 amide bonds. The lowest BCUT2D eigenvalue weighted by molar-refractivity contribution is -0.136. The van der Waals surface area contributed by atoms with Crippen LogP contribution in [0.3, 0.4) is 0 Å². The number of fused-ring (bicyclic) bond motifs is 1. The first-order valence-corrected chi connectivity index (χ1v) is 8.44. The highest BCUT2D eigenvalue weighted by molar-refractivity contribution is 7.09. The molecule has 110 valence electrons. The average Bonchev–Trinajstić information content (AvgIpc) is 3.06. The smallest absolute Gasteiger partial charge is 0.225 e. The predicted molar refractivity (Wildman–Crippen MR) is 80.5 cm³/mol. The third-order valence-corrected chi connectivity index (χ3v) is 5.30. The maximum absolute atomic E-state index is 12.2. The van der Waals surface area contributed by atoms with E-state index in [2.05, 4.69) is 14.8 Å². The Morgan fingerprint density at radius 3 is 3.00 bits per heavy atom. The molecule has 2 aliphatic rings. The Hall–Kier alpha value is -0.940. The highest BCUT2D eigenvalue weighted by Crippen LogP contribution is 2.33. The van der Waals surface area contributed by atoms with Crippen LogP contribution in [0, 0.1) is 11.8 Å². The van der Waals surface area contributed by atoms with Crippen LogP contribution in [0.5, 0.6) is 0 Å². The molecule has 2 aliphatic heterocycles. The zero-order valence-corrected chi connectivity index (χ0v) is 13.1. The molecule has 5 heteroatoms. The first-order chi connectivity index (χ1) is 9.65. The van der Waals surface area contributed by atoms with Gasteiger partial charge in [-0.1, -0.05) is 13.8 Å². The van der Waals surface area contributed by atoms with Crippen LogP contribution >= 0.6 is 11.3 Å². The predicted octanol–water partition coefficient (Wildman–Crippen LogP) is 2.22. The maximum atomic E-state index is 12.2. The largest absolute Gasteiger partial charge is 0.339 e. The van der Waals surface area contributed by atoms with E-state index >= 15 is 0 Å². The van der Waals surface area contributed by atoms with Gasteiger partial charge in [0.15, 0.2) is 0 Å². The van der Waals surface area contributed by atoms with Gasteiger partial charge >= 0.3 is 0 Å². The highest BCUT2D eigenvalue weighted by Gasteiger charge is 2.40. The minimum Gasteiger partial charge on any atom is -0.339 e. The molecule has 0 bridgehead atoms. The zero-order valence-electron chi connectivity index (χ0n) is 12.3. The van der Waals surface area contributed by atoms with Gasteiger partial charge in [-0.2, -0.15) is 0 Å². The zero-order chi connectivity index (χ0) is 14.1. The monoisotopic (exact) mass is 293 g/mol. The summed E-state index contributed by atoms with van der Waals surface area (Å²) in [5.41, 5.74) is 0. The maximum Gasteiger partial charge on any atom is 0.225 e. The lowest BCUT2D eigenvalue weighted by atomic mass is 9.92. The Morgan fingerprint density at radius 1 is 1.45 bits per heavy atom. The van der Waals surface area contributed by atoms with E-state index in [9.17, 15) is 4.79 Å². The number of aromatic nitrogens is 1. The van der Waals surface area contributed by atoms with Crippen molar-refractivity contribution in [3.05, 3.63) is 16.6 Å². The minimum atomic E-state index is 0.127. The SMILES string of the molecule is CC(C)C(=O)N1CC[C@@H]2CN(Cc3nccs3)CC[C@@H]21. The molecule has 4 nitrogen and oxygen atoms in total. The van der Waals surface area contributed by atoms with E-state index < -0.39 is 0 Å². The van der Waals surface area contributed by atoms with Crippen molar-refractivity contribution in [3.8, 4) is 0 Å². The molecule has 3 rings (SSSR count). The van der Waals surface area contributed by atoms with Crippen molar-refractivity contribution in [2.75, 3.05) is 19.6 Å². The summed E-state index contributed by atoms with van der Waals surface area (Å²) >= 11 is 1.73. The molecule has 0 saturated carbocycles. The Kier molecular flexibility index (Phi) is 4.08. The first-order valence-electron chi connectivity index (χ1n) is 7.56. The van der Waals surface area contributed by atoms with E-state index in [1.807, 2.05) is 25.4 Å². The molecular formula is C15H23N3OS. The fraction of sp³-hybridized carbons (Fsp3) is 0.733. The van der Waals surface area contributed by atoms with E-state index in [-0.39, 0.29) is 5.92 Å². The molecule has 3 heterocycles. The summed E-state index contributed by atoms with van der Waals surface area (Å²) in [4.78, 5) is 21.3. The van der Waals surface area contributed by atoms with Crippen molar-refractivity contribution in [1.82, 2.24) is 14.8 Å². The number of piperidine rings is 1. The topological polar surface area (TPSA) is 36.4 Å². The molecule has 20 heavy (non-hydrogen) atoms. The quantitative estimate of drug-likeness (QED) is 0.857. The van der Waals surface area contributed by atoms with E-state index in [0.29, 0.717) is 17.9 Å². The lowest BCUT2D eigenvalue weighted by Crippen LogP contribution is -2.48. The molecule has 0 aliphatic carbocycles. The molecule has 2 fully saturated rings. The van der Waals surface area contributed by atoms with E-state index in [4.69, 9.17) is 0 Å². The Balaban J connectivity index is 1.59. The second-order valence-corrected chi connectivity index (χ2v) is 7.23. The van der Waals surface area contributed by atoms with Crippen LogP contribution in [0.2, 0.25) is 0 Å². The number of thiazole rings is 1. The fourth-order valence-electron chi connectivity index (χ4n) is 3.53. The van der Waals surface area contributed by atoms with Gasteiger partial charge in [0.2, 0.25) is 5.91 Å². The van der Waals surface area contributed by atoms with Crippen LogP contribution in [0.25, 0.3) is 0 Å². The van der Waals surface area contributed by atoms with Crippen molar-refractivity contribution in [3.63, 3.8) is 0 Å². The summed E-state index contributed by atoms with van der Waals surface area (Å²) in [5, 5.41) is 3.25. The summed E-state index contributed by atoms with van der Waals surface area (Å²) in [5.74, 6) is 1.12. The van der Waals surface area contributed by atoms with E-state index in [1.54, 1.807) is 11.3 Å².